The lowest BCUT2D eigenvalue weighted by Gasteiger charge is -2.12. The van der Waals surface area contributed by atoms with Gasteiger partial charge in [0.2, 0.25) is 10.0 Å². The molecule has 1 amide bonds. The predicted molar refractivity (Wildman–Crippen MR) is 147 cm³/mol. The van der Waals surface area contributed by atoms with Crippen LogP contribution in [0.1, 0.15) is 51.4 Å². The number of carbonyl (C=O) groups excluding carboxylic acids is 1. The molecule has 0 spiro atoms. The van der Waals surface area contributed by atoms with E-state index in [0.29, 0.717) is 44.2 Å². The van der Waals surface area contributed by atoms with Gasteiger partial charge in [-0.2, -0.15) is 0 Å². The number of fused-ring (bicyclic) bond motifs is 1. The molecule has 1 aliphatic carbocycles. The van der Waals surface area contributed by atoms with Crippen molar-refractivity contribution in [2.24, 2.45) is 0 Å². The molecule has 0 bridgehead atoms. The van der Waals surface area contributed by atoms with Crippen LogP contribution in [0.2, 0.25) is 0 Å². The minimum absolute atomic E-state index is 0.0439. The molecule has 1 fully saturated rings. The zero-order valence-corrected chi connectivity index (χ0v) is 22.3. The molecule has 1 saturated carbocycles. The minimum atomic E-state index is -3.76. The number of sulfonamides is 1. The lowest BCUT2D eigenvalue weighted by atomic mass is 9.77. The summed E-state index contributed by atoms with van der Waals surface area (Å²) in [6.07, 6.45) is 1.85. The van der Waals surface area contributed by atoms with Crippen molar-refractivity contribution in [1.82, 2.24) is 10.0 Å². The Kier molecular flexibility index (Phi) is 7.34. The maximum absolute atomic E-state index is 13.5. The molecule has 3 aromatic carbocycles. The van der Waals surface area contributed by atoms with Crippen LogP contribution >= 0.6 is 0 Å². The number of hydrogen-bond acceptors (Lipinski definition) is 6. The van der Waals surface area contributed by atoms with E-state index in [1.165, 1.54) is 31.3 Å². The number of amides is 1. The molecule has 1 aromatic heterocycles. The Balaban J connectivity index is 1.48. The van der Waals surface area contributed by atoms with E-state index in [4.69, 9.17) is 4.42 Å². The highest BCUT2D eigenvalue weighted by Crippen LogP contribution is 2.45. The quantitative estimate of drug-likeness (QED) is 0.237. The first kappa shape index (κ1) is 27.1. The third-order valence-corrected chi connectivity index (χ3v) is 8.26. The highest BCUT2D eigenvalue weighted by atomic mass is 32.2. The number of furan rings is 1. The van der Waals surface area contributed by atoms with Crippen molar-refractivity contribution in [2.75, 3.05) is 7.05 Å². The van der Waals surface area contributed by atoms with Gasteiger partial charge in [0.05, 0.1) is 11.3 Å². The molecular formula is C28H28BFN2O6S. The predicted octanol–water partition coefficient (Wildman–Crippen LogP) is 3.08. The van der Waals surface area contributed by atoms with Crippen molar-refractivity contribution in [2.45, 2.75) is 38.0 Å². The van der Waals surface area contributed by atoms with Crippen molar-refractivity contribution in [1.29, 1.82) is 0 Å². The molecule has 0 aliphatic heterocycles. The summed E-state index contributed by atoms with van der Waals surface area (Å²) in [7, 11) is -3.84. The normalized spacial score (nSPS) is 13.6. The second kappa shape index (κ2) is 10.6. The molecule has 4 aromatic rings. The number of rotatable bonds is 9. The van der Waals surface area contributed by atoms with Crippen LogP contribution < -0.4 is 15.5 Å². The SMILES string of the molecule is CNC(=O)c1c(-c2ccc(F)cc2)oc2cc(CS(=O)(=O)NCc3ccc(B(O)O)c(C)c3)c(C3CC3)cc12. The second-order valence-corrected chi connectivity index (χ2v) is 11.7. The zero-order valence-electron chi connectivity index (χ0n) is 21.5. The molecule has 39 heavy (non-hydrogen) atoms. The first-order valence-corrected chi connectivity index (χ1v) is 14.2. The van der Waals surface area contributed by atoms with Gasteiger partial charge in [0, 0.05) is 24.5 Å². The Morgan fingerprint density at radius 1 is 1.10 bits per heavy atom. The molecule has 0 unspecified atom stereocenters. The van der Waals surface area contributed by atoms with Crippen LogP contribution in [-0.4, -0.2) is 38.5 Å². The molecule has 8 nitrogen and oxygen atoms in total. The lowest BCUT2D eigenvalue weighted by molar-refractivity contribution is 0.0964. The fourth-order valence-electron chi connectivity index (χ4n) is 4.84. The molecule has 202 valence electrons. The highest BCUT2D eigenvalue weighted by Gasteiger charge is 2.31. The second-order valence-electron chi connectivity index (χ2n) is 9.86. The van der Waals surface area contributed by atoms with E-state index < -0.39 is 23.0 Å². The Morgan fingerprint density at radius 2 is 1.82 bits per heavy atom. The van der Waals surface area contributed by atoms with Crippen LogP contribution in [0.4, 0.5) is 4.39 Å². The van der Waals surface area contributed by atoms with Gasteiger partial charge < -0.3 is 19.8 Å². The van der Waals surface area contributed by atoms with E-state index in [9.17, 15) is 27.7 Å². The summed E-state index contributed by atoms with van der Waals surface area (Å²) < 4.78 is 48.5. The maximum atomic E-state index is 13.5. The summed E-state index contributed by atoms with van der Waals surface area (Å²) in [5, 5.41) is 22.0. The Hall–Kier alpha value is -3.51. The summed E-state index contributed by atoms with van der Waals surface area (Å²) in [4.78, 5) is 12.9. The standard InChI is InChI=1S/C28H28BFN2O6S/c1-16-11-17(3-10-24(16)29(34)35)14-32-39(36,37)15-20-12-25-23(13-22(20)18-4-5-18)26(28(33)31-2)27(38-25)19-6-8-21(30)9-7-19/h3,6-13,18,32,34-35H,4-5,14-15H2,1-2H3,(H,31,33). The van der Waals surface area contributed by atoms with Crippen LogP contribution in [0.5, 0.6) is 0 Å². The molecule has 4 N–H and O–H groups in total. The molecular weight excluding hydrogens is 522 g/mol. The number of nitrogens with one attached hydrogen (secondary N) is 2. The molecule has 11 heteroatoms. The fourth-order valence-corrected chi connectivity index (χ4v) is 5.99. The van der Waals surface area contributed by atoms with Gasteiger partial charge in [0.25, 0.3) is 5.91 Å². The monoisotopic (exact) mass is 550 g/mol. The number of aryl methyl sites for hydroxylation is 1. The zero-order chi connectivity index (χ0) is 27.9. The summed E-state index contributed by atoms with van der Waals surface area (Å²) in [5.41, 5.74) is 4.37. The molecule has 5 rings (SSSR count). The van der Waals surface area contributed by atoms with Gasteiger partial charge in [-0.05, 0) is 84.2 Å². The topological polar surface area (TPSA) is 129 Å². The fraction of sp³-hybridized carbons (Fsp3) is 0.250. The van der Waals surface area contributed by atoms with Crippen molar-refractivity contribution < 1.29 is 32.1 Å². The molecule has 0 saturated heterocycles. The Morgan fingerprint density at radius 3 is 2.44 bits per heavy atom. The maximum Gasteiger partial charge on any atom is 0.488 e. The molecule has 0 atom stereocenters. The van der Waals surface area contributed by atoms with Crippen LogP contribution in [0.15, 0.2) is 59.0 Å². The Bertz CT molecular complexity index is 1660. The molecule has 1 aliphatic rings. The van der Waals surface area contributed by atoms with Gasteiger partial charge in [0.1, 0.15) is 17.2 Å². The summed E-state index contributed by atoms with van der Waals surface area (Å²) in [6, 6.07) is 14.1. The first-order chi connectivity index (χ1) is 18.6. The summed E-state index contributed by atoms with van der Waals surface area (Å²) >= 11 is 0. The lowest BCUT2D eigenvalue weighted by Crippen LogP contribution is -2.32. The summed E-state index contributed by atoms with van der Waals surface area (Å²) in [6.45, 7) is 1.77. The smallest absolute Gasteiger partial charge is 0.455 e. The third kappa shape index (κ3) is 5.76. The minimum Gasteiger partial charge on any atom is -0.455 e. The third-order valence-electron chi connectivity index (χ3n) is 6.98. The highest BCUT2D eigenvalue weighted by molar-refractivity contribution is 7.88. The number of halogens is 1. The summed E-state index contributed by atoms with van der Waals surface area (Å²) in [5.74, 6) is -0.558. The van der Waals surface area contributed by atoms with Crippen LogP contribution in [0.3, 0.4) is 0 Å². The number of hydrogen-bond donors (Lipinski definition) is 4. The van der Waals surface area contributed by atoms with Gasteiger partial charge in [-0.3, -0.25) is 4.79 Å². The van der Waals surface area contributed by atoms with Crippen molar-refractivity contribution >= 4 is 39.5 Å². The molecule has 0 radical (unpaired) electrons. The first-order valence-electron chi connectivity index (χ1n) is 12.6. The average Bonchev–Trinajstić information content (AvgIpc) is 3.67. The Labute approximate surface area is 226 Å². The molecule has 1 heterocycles. The van der Waals surface area contributed by atoms with E-state index >= 15 is 0 Å². The largest absolute Gasteiger partial charge is 0.488 e. The van der Waals surface area contributed by atoms with Crippen LogP contribution in [-0.2, 0) is 22.3 Å². The average molecular weight is 550 g/mol. The van der Waals surface area contributed by atoms with E-state index in [-0.39, 0.29) is 29.9 Å². The van der Waals surface area contributed by atoms with Gasteiger partial charge in [-0.1, -0.05) is 23.8 Å². The van der Waals surface area contributed by atoms with Gasteiger partial charge in [0.15, 0.2) is 0 Å². The van der Waals surface area contributed by atoms with E-state index in [2.05, 4.69) is 10.0 Å². The van der Waals surface area contributed by atoms with Gasteiger partial charge >= 0.3 is 7.12 Å². The van der Waals surface area contributed by atoms with Crippen molar-refractivity contribution in [3.63, 3.8) is 0 Å². The van der Waals surface area contributed by atoms with Crippen LogP contribution in [0.25, 0.3) is 22.3 Å². The van der Waals surface area contributed by atoms with E-state index in [1.807, 2.05) is 6.07 Å². The number of carbonyl (C=O) groups is 1. The van der Waals surface area contributed by atoms with Crippen LogP contribution in [0, 0.1) is 12.7 Å². The van der Waals surface area contributed by atoms with Crippen molar-refractivity contribution in [3.05, 3.63) is 88.2 Å². The van der Waals surface area contributed by atoms with E-state index in [0.717, 1.165) is 18.4 Å². The van der Waals surface area contributed by atoms with E-state index in [1.54, 1.807) is 31.2 Å². The number of benzene rings is 3. The van der Waals surface area contributed by atoms with Crippen molar-refractivity contribution in [3.8, 4) is 11.3 Å². The van der Waals surface area contributed by atoms with Gasteiger partial charge in [-0.25, -0.2) is 17.5 Å². The van der Waals surface area contributed by atoms with Gasteiger partial charge in [-0.15, -0.1) is 0 Å².